The highest BCUT2D eigenvalue weighted by molar-refractivity contribution is 8.03. The van der Waals surface area contributed by atoms with Crippen LogP contribution < -0.4 is 0 Å². The molecule has 0 fully saturated rings. The molecule has 0 saturated carbocycles. The molecule has 1 aliphatic heterocycles. The number of rotatable bonds is 2. The van der Waals surface area contributed by atoms with Crippen molar-refractivity contribution in [3.8, 4) is 0 Å². The Labute approximate surface area is 91.7 Å². The fourth-order valence-corrected chi connectivity index (χ4v) is 2.43. The van der Waals surface area contributed by atoms with Gasteiger partial charge in [0.1, 0.15) is 0 Å². The van der Waals surface area contributed by atoms with Crippen molar-refractivity contribution >= 4 is 17.7 Å². The molecule has 1 atom stereocenters. The summed E-state index contributed by atoms with van der Waals surface area (Å²) in [4.78, 5) is 13.1. The Balaban J connectivity index is 0.000000791. The third-order valence-corrected chi connectivity index (χ3v) is 3.18. The summed E-state index contributed by atoms with van der Waals surface area (Å²) in [6.45, 7) is 6.13. The van der Waals surface area contributed by atoms with Gasteiger partial charge < -0.3 is 4.90 Å². The molecule has 0 bridgehead atoms. The first-order valence-corrected chi connectivity index (χ1v) is 6.14. The van der Waals surface area contributed by atoms with Crippen molar-refractivity contribution in [3.63, 3.8) is 0 Å². The summed E-state index contributed by atoms with van der Waals surface area (Å²) in [5, 5.41) is 2.28. The van der Waals surface area contributed by atoms with E-state index in [1.165, 1.54) is 5.57 Å². The molecule has 1 heterocycles. The van der Waals surface area contributed by atoms with Gasteiger partial charge in [-0.15, -0.1) is 11.8 Å². The van der Waals surface area contributed by atoms with Crippen molar-refractivity contribution in [1.82, 2.24) is 4.90 Å². The average Bonchev–Trinajstić information content (AvgIpc) is 2.67. The van der Waals surface area contributed by atoms with Crippen LogP contribution in [0.2, 0.25) is 0 Å². The summed E-state index contributed by atoms with van der Waals surface area (Å²) >= 11 is 1.66. The van der Waals surface area contributed by atoms with Crippen LogP contribution in [0, 0.1) is 0 Å². The van der Waals surface area contributed by atoms with E-state index in [-0.39, 0.29) is 11.2 Å². The third-order valence-electron chi connectivity index (χ3n) is 2.02. The minimum atomic E-state index is 0.148. The van der Waals surface area contributed by atoms with E-state index >= 15 is 0 Å². The zero-order valence-corrected chi connectivity index (χ0v) is 10.6. The first-order chi connectivity index (χ1) is 6.65. The molecule has 1 unspecified atom stereocenters. The lowest BCUT2D eigenvalue weighted by Crippen LogP contribution is -2.30. The molecule has 0 aliphatic carbocycles. The molecule has 2 nitrogen and oxygen atoms in total. The second kappa shape index (κ2) is 6.93. The maximum atomic E-state index is 11.5. The van der Waals surface area contributed by atoms with Gasteiger partial charge in [0, 0.05) is 14.1 Å². The number of carbonyl (C=O) groups excluding carboxylic acids is 1. The highest BCUT2D eigenvalue weighted by Crippen LogP contribution is 2.32. The molecule has 0 aromatic heterocycles. The van der Waals surface area contributed by atoms with E-state index < -0.39 is 0 Å². The Morgan fingerprint density at radius 1 is 1.57 bits per heavy atom. The van der Waals surface area contributed by atoms with Crippen LogP contribution in [0.3, 0.4) is 0 Å². The van der Waals surface area contributed by atoms with E-state index in [1.807, 2.05) is 27.9 Å². The number of nitrogens with zero attached hydrogens (tertiary/aromatic N) is 1. The highest BCUT2D eigenvalue weighted by atomic mass is 32.2. The predicted molar refractivity (Wildman–Crippen MR) is 64.4 cm³/mol. The number of amides is 1. The van der Waals surface area contributed by atoms with Gasteiger partial charge in [0.25, 0.3) is 0 Å². The number of carbonyl (C=O) groups is 1. The van der Waals surface area contributed by atoms with Crippen LogP contribution in [0.5, 0.6) is 0 Å². The maximum Gasteiger partial charge on any atom is 0.235 e. The Morgan fingerprint density at radius 3 is 2.50 bits per heavy atom. The normalized spacial score (nSPS) is 19.5. The minimum Gasteiger partial charge on any atom is -0.348 e. The van der Waals surface area contributed by atoms with Crippen molar-refractivity contribution in [3.05, 3.63) is 11.0 Å². The minimum absolute atomic E-state index is 0.148. The van der Waals surface area contributed by atoms with Crippen molar-refractivity contribution in [2.24, 2.45) is 0 Å². The maximum absolute atomic E-state index is 11.5. The van der Waals surface area contributed by atoms with E-state index in [9.17, 15) is 4.79 Å². The Bertz CT molecular complexity index is 211. The SMILES string of the molecule is CC.CCC1=CSC(C(=O)N(C)C)C1. The zero-order valence-electron chi connectivity index (χ0n) is 9.83. The van der Waals surface area contributed by atoms with Gasteiger partial charge in [0.2, 0.25) is 5.91 Å². The fraction of sp³-hybridized carbons (Fsp3) is 0.727. The predicted octanol–water partition coefficient (Wildman–Crippen LogP) is 2.90. The van der Waals surface area contributed by atoms with Crippen molar-refractivity contribution in [2.45, 2.75) is 38.9 Å². The molecule has 1 aliphatic rings. The van der Waals surface area contributed by atoms with Gasteiger partial charge in [-0.1, -0.05) is 26.3 Å². The topological polar surface area (TPSA) is 20.3 Å². The summed E-state index contributed by atoms with van der Waals surface area (Å²) in [6.07, 6.45) is 2.02. The smallest absolute Gasteiger partial charge is 0.235 e. The summed E-state index contributed by atoms with van der Waals surface area (Å²) in [6, 6.07) is 0. The van der Waals surface area contributed by atoms with Crippen molar-refractivity contribution < 1.29 is 4.79 Å². The van der Waals surface area contributed by atoms with Crippen LogP contribution >= 0.6 is 11.8 Å². The standard InChI is InChI=1S/C9H15NOS.C2H6/c1-4-7-5-8(12-6-7)9(11)10(2)3;1-2/h6,8H,4-5H2,1-3H3;1-2H3. The lowest BCUT2D eigenvalue weighted by molar-refractivity contribution is -0.128. The molecule has 0 aromatic carbocycles. The van der Waals surface area contributed by atoms with Crippen LogP contribution in [0.4, 0.5) is 0 Å². The average molecular weight is 215 g/mol. The molecular weight excluding hydrogens is 194 g/mol. The van der Waals surface area contributed by atoms with E-state index in [0.29, 0.717) is 0 Å². The van der Waals surface area contributed by atoms with Crippen molar-refractivity contribution in [2.75, 3.05) is 14.1 Å². The Hall–Kier alpha value is -0.440. The van der Waals surface area contributed by atoms with E-state index in [0.717, 1.165) is 12.8 Å². The van der Waals surface area contributed by atoms with Crippen LogP contribution in [-0.2, 0) is 4.79 Å². The van der Waals surface area contributed by atoms with Crippen molar-refractivity contribution in [1.29, 1.82) is 0 Å². The van der Waals surface area contributed by atoms with Gasteiger partial charge in [-0.2, -0.15) is 0 Å². The van der Waals surface area contributed by atoms with Gasteiger partial charge in [-0.3, -0.25) is 4.79 Å². The van der Waals surface area contributed by atoms with Gasteiger partial charge in [-0.25, -0.2) is 0 Å². The second-order valence-corrected chi connectivity index (χ2v) is 4.27. The van der Waals surface area contributed by atoms with E-state index in [4.69, 9.17) is 0 Å². The quantitative estimate of drug-likeness (QED) is 0.706. The Morgan fingerprint density at radius 2 is 2.14 bits per heavy atom. The molecule has 0 spiro atoms. The van der Waals surface area contributed by atoms with Crippen LogP contribution in [0.1, 0.15) is 33.6 Å². The number of hydrogen-bond donors (Lipinski definition) is 0. The van der Waals surface area contributed by atoms with Gasteiger partial charge in [0.15, 0.2) is 0 Å². The highest BCUT2D eigenvalue weighted by Gasteiger charge is 2.24. The van der Waals surface area contributed by atoms with Crippen LogP contribution in [0.15, 0.2) is 11.0 Å². The number of allylic oxidation sites excluding steroid dienone is 1. The third kappa shape index (κ3) is 3.74. The molecule has 0 radical (unpaired) electrons. The molecule has 1 amide bonds. The lowest BCUT2D eigenvalue weighted by Gasteiger charge is -2.15. The molecule has 0 saturated heterocycles. The molecule has 3 heteroatoms. The first-order valence-electron chi connectivity index (χ1n) is 5.19. The second-order valence-electron chi connectivity index (χ2n) is 3.19. The first kappa shape index (κ1) is 13.6. The molecule has 0 aromatic rings. The summed E-state index contributed by atoms with van der Waals surface area (Å²) < 4.78 is 0. The molecule has 82 valence electrons. The number of hydrogen-bond acceptors (Lipinski definition) is 2. The van der Waals surface area contributed by atoms with Gasteiger partial charge in [0.05, 0.1) is 5.25 Å². The van der Waals surface area contributed by atoms with Gasteiger partial charge >= 0.3 is 0 Å². The zero-order chi connectivity index (χ0) is 11.1. The van der Waals surface area contributed by atoms with E-state index in [1.54, 1.807) is 16.7 Å². The molecule has 14 heavy (non-hydrogen) atoms. The summed E-state index contributed by atoms with van der Waals surface area (Å²) in [5.41, 5.74) is 1.40. The fourth-order valence-electron chi connectivity index (χ4n) is 1.17. The number of thioether (sulfide) groups is 1. The molecule has 0 N–H and O–H groups in total. The summed E-state index contributed by atoms with van der Waals surface area (Å²) in [7, 11) is 3.62. The monoisotopic (exact) mass is 215 g/mol. The lowest BCUT2D eigenvalue weighted by atomic mass is 10.1. The van der Waals surface area contributed by atoms with E-state index in [2.05, 4.69) is 12.3 Å². The van der Waals surface area contributed by atoms with Gasteiger partial charge in [-0.05, 0) is 18.2 Å². The van der Waals surface area contributed by atoms with Crippen LogP contribution in [-0.4, -0.2) is 30.2 Å². The van der Waals surface area contributed by atoms with Crippen LogP contribution in [0.25, 0.3) is 0 Å². The molecule has 1 rings (SSSR count). The Kier molecular flexibility index (Phi) is 6.71. The largest absolute Gasteiger partial charge is 0.348 e. The summed E-state index contributed by atoms with van der Waals surface area (Å²) in [5.74, 6) is 0.236. The molecular formula is C11H21NOS.